The second-order valence-corrected chi connectivity index (χ2v) is 6.70. The maximum Gasteiger partial charge on any atom is 0.286 e. The number of anilines is 1. The van der Waals surface area contributed by atoms with E-state index in [-0.39, 0.29) is 11.3 Å². The Hall–Kier alpha value is -2.28. The van der Waals surface area contributed by atoms with Crippen molar-refractivity contribution in [2.24, 2.45) is 0 Å². The highest BCUT2D eigenvalue weighted by atomic mass is 32.1. The topological polar surface area (TPSA) is 72.2 Å². The normalized spacial score (nSPS) is 11.8. The van der Waals surface area contributed by atoms with Crippen molar-refractivity contribution < 1.29 is 4.79 Å². The highest BCUT2D eigenvalue weighted by molar-refractivity contribution is 7.18. The number of amides is 1. The molecule has 6 nitrogen and oxygen atoms in total. The average Bonchev–Trinajstić information content (AvgIpc) is 2.98. The van der Waals surface area contributed by atoms with E-state index in [1.165, 1.54) is 27.7 Å². The predicted octanol–water partition coefficient (Wildman–Crippen LogP) is 2.74. The van der Waals surface area contributed by atoms with Crippen molar-refractivity contribution in [3.63, 3.8) is 0 Å². The molecular formula is C14H15N5OS. The van der Waals surface area contributed by atoms with Gasteiger partial charge in [-0.1, -0.05) is 44.2 Å². The molecule has 0 aliphatic heterocycles. The molecule has 108 valence electrons. The van der Waals surface area contributed by atoms with Crippen molar-refractivity contribution >= 4 is 27.9 Å². The number of carbonyl (C=O) groups excluding carboxylic acids is 1. The van der Waals surface area contributed by atoms with Crippen molar-refractivity contribution in [2.45, 2.75) is 26.2 Å². The number of aromatic nitrogens is 4. The van der Waals surface area contributed by atoms with Gasteiger partial charge in [0.1, 0.15) is 6.33 Å². The molecule has 2 heterocycles. The van der Waals surface area contributed by atoms with Crippen LogP contribution in [-0.2, 0) is 5.41 Å². The molecule has 1 amide bonds. The van der Waals surface area contributed by atoms with E-state index in [2.05, 4.69) is 41.4 Å². The van der Waals surface area contributed by atoms with Crippen LogP contribution in [-0.4, -0.2) is 25.7 Å². The Bertz CT molecular complexity index is 753. The summed E-state index contributed by atoms with van der Waals surface area (Å²) in [5.41, 5.74) is 2.06. The minimum Gasteiger partial charge on any atom is -0.320 e. The van der Waals surface area contributed by atoms with Gasteiger partial charge in [-0.25, -0.2) is 0 Å². The van der Waals surface area contributed by atoms with Crippen LogP contribution in [0.15, 0.2) is 30.6 Å². The van der Waals surface area contributed by atoms with Gasteiger partial charge in [-0.05, 0) is 23.1 Å². The van der Waals surface area contributed by atoms with Gasteiger partial charge in [0.2, 0.25) is 9.97 Å². The lowest BCUT2D eigenvalue weighted by atomic mass is 9.87. The number of nitrogens with one attached hydrogen (secondary N) is 1. The monoisotopic (exact) mass is 301 g/mol. The average molecular weight is 301 g/mol. The lowest BCUT2D eigenvalue weighted by molar-refractivity contribution is 0.102. The summed E-state index contributed by atoms with van der Waals surface area (Å²) in [5, 5.41) is 14.9. The summed E-state index contributed by atoms with van der Waals surface area (Å²) in [6.07, 6.45) is 1.47. The number of nitrogens with zero attached hydrogens (tertiary/aromatic N) is 4. The molecule has 0 fully saturated rings. The van der Waals surface area contributed by atoms with Crippen LogP contribution in [0.25, 0.3) is 4.96 Å². The zero-order chi connectivity index (χ0) is 15.0. The molecule has 3 aromatic rings. The Labute approximate surface area is 125 Å². The number of hydrogen-bond donors (Lipinski definition) is 1. The Morgan fingerprint density at radius 3 is 2.57 bits per heavy atom. The van der Waals surface area contributed by atoms with E-state index in [1.54, 1.807) is 0 Å². The fourth-order valence-corrected chi connectivity index (χ4v) is 2.60. The Balaban J connectivity index is 1.76. The van der Waals surface area contributed by atoms with Crippen LogP contribution in [0.2, 0.25) is 0 Å². The van der Waals surface area contributed by atoms with E-state index in [1.807, 2.05) is 24.3 Å². The van der Waals surface area contributed by atoms with Crippen molar-refractivity contribution in [2.75, 3.05) is 5.32 Å². The zero-order valence-electron chi connectivity index (χ0n) is 12.0. The number of carbonyl (C=O) groups is 1. The van der Waals surface area contributed by atoms with Crippen LogP contribution < -0.4 is 5.32 Å². The summed E-state index contributed by atoms with van der Waals surface area (Å²) in [5.74, 6) is -0.242. The minimum atomic E-state index is -0.242. The Morgan fingerprint density at radius 1 is 1.24 bits per heavy atom. The van der Waals surface area contributed by atoms with Gasteiger partial charge in [-0.2, -0.15) is 4.52 Å². The first-order valence-electron chi connectivity index (χ1n) is 6.52. The quantitative estimate of drug-likeness (QED) is 0.790. The van der Waals surface area contributed by atoms with Gasteiger partial charge in [0.15, 0.2) is 0 Å². The smallest absolute Gasteiger partial charge is 0.286 e. The first-order valence-corrected chi connectivity index (χ1v) is 7.34. The first-order chi connectivity index (χ1) is 9.93. The van der Waals surface area contributed by atoms with Gasteiger partial charge < -0.3 is 5.32 Å². The molecule has 0 saturated carbocycles. The molecule has 0 saturated heterocycles. The summed E-state index contributed by atoms with van der Waals surface area (Å²) in [7, 11) is 0. The predicted molar refractivity (Wildman–Crippen MR) is 81.8 cm³/mol. The lowest BCUT2D eigenvalue weighted by Gasteiger charge is -2.19. The second kappa shape index (κ2) is 4.92. The van der Waals surface area contributed by atoms with Gasteiger partial charge in [0, 0.05) is 5.69 Å². The Morgan fingerprint density at radius 2 is 1.95 bits per heavy atom. The standard InChI is InChI=1S/C14H15N5OS/c1-14(2,3)9-4-6-10(7-5-9)16-11(20)12-18-19-8-15-17-13(19)21-12/h4-8H,1-3H3,(H,16,20). The van der Waals surface area contributed by atoms with Gasteiger partial charge in [-0.3, -0.25) is 4.79 Å². The maximum atomic E-state index is 12.1. The number of hydrogen-bond acceptors (Lipinski definition) is 5. The molecule has 2 aromatic heterocycles. The van der Waals surface area contributed by atoms with E-state index in [0.29, 0.717) is 9.97 Å². The number of fused-ring (bicyclic) bond motifs is 1. The van der Waals surface area contributed by atoms with E-state index in [9.17, 15) is 4.79 Å². The fourth-order valence-electron chi connectivity index (χ4n) is 1.89. The van der Waals surface area contributed by atoms with E-state index in [0.717, 1.165) is 5.69 Å². The van der Waals surface area contributed by atoms with Crippen molar-refractivity contribution in [3.05, 3.63) is 41.2 Å². The molecule has 0 aliphatic carbocycles. The van der Waals surface area contributed by atoms with E-state index in [4.69, 9.17) is 0 Å². The van der Waals surface area contributed by atoms with Crippen LogP contribution in [0.3, 0.4) is 0 Å². The summed E-state index contributed by atoms with van der Waals surface area (Å²) in [6.45, 7) is 6.46. The third kappa shape index (κ3) is 2.78. The van der Waals surface area contributed by atoms with Crippen LogP contribution >= 0.6 is 11.3 Å². The molecule has 0 atom stereocenters. The van der Waals surface area contributed by atoms with Crippen LogP contribution in [0.5, 0.6) is 0 Å². The third-order valence-electron chi connectivity index (χ3n) is 3.09. The molecule has 0 aliphatic rings. The largest absolute Gasteiger partial charge is 0.320 e. The van der Waals surface area contributed by atoms with Crippen molar-refractivity contribution in [3.8, 4) is 0 Å². The van der Waals surface area contributed by atoms with Gasteiger partial charge in [0.25, 0.3) is 5.91 Å². The molecule has 3 rings (SSSR count). The second-order valence-electron chi connectivity index (χ2n) is 5.75. The summed E-state index contributed by atoms with van der Waals surface area (Å²) in [4.78, 5) is 12.7. The van der Waals surface area contributed by atoms with Crippen LogP contribution in [0.1, 0.15) is 36.1 Å². The summed E-state index contributed by atoms with van der Waals surface area (Å²) in [6, 6.07) is 7.85. The van der Waals surface area contributed by atoms with Gasteiger partial charge in [0.05, 0.1) is 0 Å². The maximum absolute atomic E-state index is 12.1. The number of rotatable bonds is 2. The molecule has 7 heteroatoms. The molecule has 0 radical (unpaired) electrons. The lowest BCUT2D eigenvalue weighted by Crippen LogP contribution is -2.13. The third-order valence-corrected chi connectivity index (χ3v) is 4.00. The molecule has 21 heavy (non-hydrogen) atoms. The molecular weight excluding hydrogens is 286 g/mol. The van der Waals surface area contributed by atoms with Gasteiger partial charge in [-0.15, -0.1) is 15.3 Å². The first kappa shape index (κ1) is 13.7. The number of benzene rings is 1. The van der Waals surface area contributed by atoms with Crippen molar-refractivity contribution in [1.82, 2.24) is 19.8 Å². The fraction of sp³-hybridized carbons (Fsp3) is 0.286. The molecule has 0 bridgehead atoms. The zero-order valence-corrected chi connectivity index (χ0v) is 12.8. The van der Waals surface area contributed by atoms with Crippen LogP contribution in [0.4, 0.5) is 5.69 Å². The highest BCUT2D eigenvalue weighted by Gasteiger charge is 2.15. The van der Waals surface area contributed by atoms with E-state index < -0.39 is 0 Å². The molecule has 1 aromatic carbocycles. The summed E-state index contributed by atoms with van der Waals surface area (Å²) < 4.78 is 1.49. The Kier molecular flexibility index (Phi) is 3.21. The molecule has 0 unspecified atom stereocenters. The highest BCUT2D eigenvalue weighted by Crippen LogP contribution is 2.23. The van der Waals surface area contributed by atoms with E-state index >= 15 is 0 Å². The van der Waals surface area contributed by atoms with Crippen LogP contribution in [0, 0.1) is 0 Å². The molecule has 0 spiro atoms. The van der Waals surface area contributed by atoms with Gasteiger partial charge >= 0.3 is 0 Å². The molecule has 1 N–H and O–H groups in total. The SMILES string of the molecule is CC(C)(C)c1ccc(NC(=O)c2nn3cnnc3s2)cc1. The van der Waals surface area contributed by atoms with Crippen molar-refractivity contribution in [1.29, 1.82) is 0 Å². The summed E-state index contributed by atoms with van der Waals surface area (Å²) >= 11 is 1.20. The minimum absolute atomic E-state index is 0.0934.